The maximum Gasteiger partial charge on any atom is 0.417 e. The molecule has 0 aliphatic carbocycles. The monoisotopic (exact) mass is 542 g/mol. The van der Waals surface area contributed by atoms with Crippen LogP contribution in [-0.4, -0.2) is 29.2 Å². The summed E-state index contributed by atoms with van der Waals surface area (Å²) >= 11 is 0. The van der Waals surface area contributed by atoms with Gasteiger partial charge in [0.25, 0.3) is 0 Å². The highest BCUT2D eigenvalue weighted by molar-refractivity contribution is 5.89. The summed E-state index contributed by atoms with van der Waals surface area (Å²) in [4.78, 5) is 11.2. The number of aromatic nitrogens is 2. The minimum absolute atomic E-state index is 0.0239. The van der Waals surface area contributed by atoms with Crippen LogP contribution >= 0.6 is 0 Å². The summed E-state index contributed by atoms with van der Waals surface area (Å²) in [5.74, 6) is 0.121. The van der Waals surface area contributed by atoms with E-state index in [1.54, 1.807) is 30.6 Å². The molecule has 5 heterocycles. The standard InChI is InChI=1S/C32H29F3N4O/c1-2-3-6-20-9-11-37-27(15-20)28-17-21(10-12-38-28)25(19-36)29-18-26(32(33,34)35)24-16-22-7-4-13-39-14-5-8-23(30(22)39)31(24)40-29/h9-12,15-18H,2-8,13-14H2,1H3/b29-25-. The number of ether oxygens (including phenoxy) is 1. The predicted octanol–water partition coefficient (Wildman–Crippen LogP) is 7.46. The molecular formula is C32H29F3N4O. The number of hydrogen-bond donors (Lipinski definition) is 0. The van der Waals surface area contributed by atoms with Crippen molar-refractivity contribution in [1.82, 2.24) is 9.97 Å². The quantitative estimate of drug-likeness (QED) is 0.313. The smallest absolute Gasteiger partial charge is 0.417 e. The number of aryl methyl sites for hydroxylation is 2. The van der Waals surface area contributed by atoms with Crippen molar-refractivity contribution in [2.24, 2.45) is 0 Å². The lowest BCUT2D eigenvalue weighted by molar-refractivity contribution is -0.0694. The van der Waals surface area contributed by atoms with Crippen LogP contribution < -0.4 is 9.64 Å². The van der Waals surface area contributed by atoms with E-state index < -0.39 is 11.7 Å². The summed E-state index contributed by atoms with van der Waals surface area (Å²) in [5.41, 5.74) is 4.83. The molecule has 0 saturated carbocycles. The average Bonchev–Trinajstić information content (AvgIpc) is 2.96. The van der Waals surface area contributed by atoms with Crippen LogP contribution in [0.15, 0.2) is 54.6 Å². The summed E-state index contributed by atoms with van der Waals surface area (Å²) in [6.07, 6.45) is 5.84. The maximum atomic E-state index is 14.5. The van der Waals surface area contributed by atoms with Crippen LogP contribution in [0.5, 0.6) is 5.75 Å². The number of nitrogens with zero attached hydrogens (tertiary/aromatic N) is 4. The summed E-state index contributed by atoms with van der Waals surface area (Å²) in [7, 11) is 0. The Hall–Kier alpha value is -4.12. The third-order valence-electron chi connectivity index (χ3n) is 7.87. The number of unbranched alkanes of at least 4 members (excludes halogenated alkanes) is 1. The second kappa shape index (κ2) is 10.5. The number of nitriles is 1. The molecule has 2 aromatic heterocycles. The van der Waals surface area contributed by atoms with Gasteiger partial charge in [-0.3, -0.25) is 9.97 Å². The number of pyridine rings is 2. The highest BCUT2D eigenvalue weighted by Crippen LogP contribution is 2.51. The van der Waals surface area contributed by atoms with Crippen LogP contribution in [0.3, 0.4) is 0 Å². The van der Waals surface area contributed by atoms with Crippen LogP contribution in [0.1, 0.15) is 60.4 Å². The topological polar surface area (TPSA) is 62.0 Å². The first-order valence-corrected chi connectivity index (χ1v) is 13.8. The van der Waals surface area contributed by atoms with Gasteiger partial charge in [-0.2, -0.15) is 18.4 Å². The summed E-state index contributed by atoms with van der Waals surface area (Å²) in [5, 5.41) is 10.2. The zero-order valence-corrected chi connectivity index (χ0v) is 22.3. The van der Waals surface area contributed by atoms with Crippen LogP contribution in [0.25, 0.3) is 22.5 Å². The maximum absolute atomic E-state index is 14.5. The fraction of sp³-hybridized carbons (Fsp3) is 0.344. The van der Waals surface area contributed by atoms with Crippen molar-refractivity contribution in [3.05, 3.63) is 82.4 Å². The molecule has 5 nitrogen and oxygen atoms in total. The normalized spacial score (nSPS) is 17.3. The molecule has 0 saturated heterocycles. The Morgan fingerprint density at radius 2 is 1.80 bits per heavy atom. The van der Waals surface area contributed by atoms with Gasteiger partial charge in [-0.25, -0.2) is 0 Å². The predicted molar refractivity (Wildman–Crippen MR) is 149 cm³/mol. The van der Waals surface area contributed by atoms with E-state index in [0.717, 1.165) is 80.1 Å². The second-order valence-electron chi connectivity index (χ2n) is 10.5. The zero-order chi connectivity index (χ0) is 27.9. The average molecular weight is 543 g/mol. The lowest BCUT2D eigenvalue weighted by atomic mass is 9.86. The minimum atomic E-state index is -4.61. The largest absolute Gasteiger partial charge is 0.455 e. The van der Waals surface area contributed by atoms with Gasteiger partial charge in [0, 0.05) is 42.3 Å². The highest BCUT2D eigenvalue weighted by Gasteiger charge is 2.42. The lowest BCUT2D eigenvalue weighted by Crippen LogP contribution is -2.35. The third-order valence-corrected chi connectivity index (χ3v) is 7.87. The third kappa shape index (κ3) is 4.74. The molecule has 0 atom stereocenters. The number of halogens is 3. The first-order valence-electron chi connectivity index (χ1n) is 13.8. The first kappa shape index (κ1) is 26.1. The number of fused-ring (bicyclic) bond motifs is 2. The number of alkyl halides is 3. The fourth-order valence-corrected chi connectivity index (χ4v) is 5.99. The van der Waals surface area contributed by atoms with Gasteiger partial charge in [0.05, 0.1) is 17.0 Å². The van der Waals surface area contributed by atoms with Crippen LogP contribution in [-0.2, 0) is 19.3 Å². The van der Waals surface area contributed by atoms with Crippen LogP contribution in [0, 0.1) is 11.3 Å². The van der Waals surface area contributed by atoms with Gasteiger partial charge in [-0.15, -0.1) is 0 Å². The molecule has 0 bridgehead atoms. The summed E-state index contributed by atoms with van der Waals surface area (Å²) in [6.45, 7) is 3.91. The van der Waals surface area contributed by atoms with E-state index in [-0.39, 0.29) is 22.6 Å². The Morgan fingerprint density at radius 1 is 1.05 bits per heavy atom. The molecule has 3 aliphatic heterocycles. The molecule has 0 unspecified atom stereocenters. The highest BCUT2D eigenvalue weighted by atomic mass is 19.4. The van der Waals surface area contributed by atoms with Crippen molar-refractivity contribution in [1.29, 1.82) is 5.26 Å². The number of allylic oxidation sites excluding steroid dienone is 3. The molecule has 3 aliphatic rings. The molecule has 0 N–H and O–H groups in total. The summed E-state index contributed by atoms with van der Waals surface area (Å²) < 4.78 is 49.7. The number of rotatable bonds is 5. The van der Waals surface area contributed by atoms with Crippen molar-refractivity contribution in [2.75, 3.05) is 18.0 Å². The van der Waals surface area contributed by atoms with E-state index in [9.17, 15) is 18.4 Å². The fourth-order valence-electron chi connectivity index (χ4n) is 5.99. The first-order chi connectivity index (χ1) is 19.4. The second-order valence-corrected chi connectivity index (χ2v) is 10.5. The van der Waals surface area contributed by atoms with E-state index in [1.165, 1.54) is 0 Å². The van der Waals surface area contributed by atoms with Gasteiger partial charge in [-0.1, -0.05) is 13.3 Å². The van der Waals surface area contributed by atoms with Gasteiger partial charge >= 0.3 is 6.18 Å². The number of anilines is 1. The van der Waals surface area contributed by atoms with E-state index in [4.69, 9.17) is 4.74 Å². The molecular weight excluding hydrogens is 513 g/mol. The molecule has 6 rings (SSSR count). The van der Waals surface area contributed by atoms with Gasteiger partial charge in [0.15, 0.2) is 0 Å². The lowest BCUT2D eigenvalue weighted by Gasteiger charge is -2.39. The number of hydrogen-bond acceptors (Lipinski definition) is 5. The molecule has 1 aromatic carbocycles. The van der Waals surface area contributed by atoms with Crippen LogP contribution in [0.2, 0.25) is 0 Å². The molecule has 0 amide bonds. The van der Waals surface area contributed by atoms with E-state index >= 15 is 0 Å². The van der Waals surface area contributed by atoms with Gasteiger partial charge in [-0.05, 0) is 91.6 Å². The Morgan fingerprint density at radius 3 is 2.55 bits per heavy atom. The van der Waals surface area contributed by atoms with E-state index in [2.05, 4.69) is 27.9 Å². The van der Waals surface area contributed by atoms with E-state index in [1.807, 2.05) is 12.1 Å². The molecule has 8 heteroatoms. The molecule has 0 spiro atoms. The van der Waals surface area contributed by atoms with Crippen molar-refractivity contribution < 1.29 is 17.9 Å². The zero-order valence-electron chi connectivity index (χ0n) is 22.3. The Balaban J connectivity index is 1.47. The Labute approximate surface area is 231 Å². The Kier molecular flexibility index (Phi) is 6.83. The summed E-state index contributed by atoms with van der Waals surface area (Å²) in [6, 6.07) is 11.0. The van der Waals surface area contributed by atoms with Gasteiger partial charge < -0.3 is 9.64 Å². The SMILES string of the molecule is CCCCc1ccnc(-c2cc(/C(C#N)=C3/C=C(C(F)(F)F)c4cc5c6c(c4O3)CCCN6CCC5)ccn2)c1. The minimum Gasteiger partial charge on any atom is -0.455 e. The van der Waals surface area contributed by atoms with E-state index in [0.29, 0.717) is 23.4 Å². The van der Waals surface area contributed by atoms with Crippen molar-refractivity contribution in [2.45, 2.75) is 58.0 Å². The molecule has 40 heavy (non-hydrogen) atoms. The Bertz CT molecular complexity index is 1580. The van der Waals surface area contributed by atoms with Gasteiger partial charge in [0.1, 0.15) is 23.2 Å². The van der Waals surface area contributed by atoms with Gasteiger partial charge in [0.2, 0.25) is 0 Å². The molecule has 3 aromatic rings. The molecule has 0 fully saturated rings. The van der Waals surface area contributed by atoms with Crippen molar-refractivity contribution >= 4 is 16.8 Å². The van der Waals surface area contributed by atoms with Crippen molar-refractivity contribution in [3.63, 3.8) is 0 Å². The molecule has 0 radical (unpaired) electrons. The number of benzene rings is 1. The molecule has 204 valence electrons. The van der Waals surface area contributed by atoms with Crippen LogP contribution in [0.4, 0.5) is 18.9 Å². The van der Waals surface area contributed by atoms with Crippen molar-refractivity contribution in [3.8, 4) is 23.2 Å².